The Hall–Kier alpha value is -2.75. The molecule has 0 bridgehead atoms. The van der Waals surface area contributed by atoms with Crippen molar-refractivity contribution in [2.45, 2.75) is 33.4 Å². The third-order valence-electron chi connectivity index (χ3n) is 3.35. The third-order valence-corrected chi connectivity index (χ3v) is 3.35. The van der Waals surface area contributed by atoms with Crippen LogP contribution in [0.2, 0.25) is 0 Å². The standard InChI is InChI=1S/C21H25NO3/c1-15(2)14-24-19-11-7-18(8-12-19)21(23)22-13-17-5-9-20(10-6-17)25-16(3)4/h5-12,16H,1,13-14H2,2-4H3,(H,22,23). The normalized spacial score (nSPS) is 10.4. The number of hydrogen-bond donors (Lipinski definition) is 1. The van der Waals surface area contributed by atoms with Gasteiger partial charge in [0.15, 0.2) is 0 Å². The summed E-state index contributed by atoms with van der Waals surface area (Å²) >= 11 is 0. The van der Waals surface area contributed by atoms with Gasteiger partial charge >= 0.3 is 0 Å². The Morgan fingerprint density at radius 1 is 1.04 bits per heavy atom. The lowest BCUT2D eigenvalue weighted by atomic mass is 10.2. The highest BCUT2D eigenvalue weighted by atomic mass is 16.5. The molecule has 0 atom stereocenters. The molecule has 1 N–H and O–H groups in total. The van der Waals surface area contributed by atoms with E-state index in [1.54, 1.807) is 24.3 Å². The van der Waals surface area contributed by atoms with E-state index in [1.807, 2.05) is 45.0 Å². The minimum atomic E-state index is -0.117. The van der Waals surface area contributed by atoms with Crippen molar-refractivity contribution in [3.63, 3.8) is 0 Å². The van der Waals surface area contributed by atoms with Crippen molar-refractivity contribution in [2.75, 3.05) is 6.61 Å². The van der Waals surface area contributed by atoms with Gasteiger partial charge in [0.25, 0.3) is 5.91 Å². The van der Waals surface area contributed by atoms with Crippen molar-refractivity contribution in [2.24, 2.45) is 0 Å². The first-order valence-electron chi connectivity index (χ1n) is 8.35. The largest absolute Gasteiger partial charge is 0.491 e. The average molecular weight is 339 g/mol. The molecular weight excluding hydrogens is 314 g/mol. The van der Waals surface area contributed by atoms with Gasteiger partial charge in [-0.2, -0.15) is 0 Å². The maximum Gasteiger partial charge on any atom is 0.251 e. The molecule has 0 aliphatic carbocycles. The fourth-order valence-electron chi connectivity index (χ4n) is 2.15. The van der Waals surface area contributed by atoms with E-state index in [-0.39, 0.29) is 12.0 Å². The summed E-state index contributed by atoms with van der Waals surface area (Å²) in [5.74, 6) is 1.43. The minimum Gasteiger partial charge on any atom is -0.491 e. The molecule has 1 amide bonds. The summed E-state index contributed by atoms with van der Waals surface area (Å²) in [5.41, 5.74) is 2.57. The summed E-state index contributed by atoms with van der Waals surface area (Å²) in [6, 6.07) is 14.8. The summed E-state index contributed by atoms with van der Waals surface area (Å²) in [6.45, 7) is 10.6. The molecule has 4 nitrogen and oxygen atoms in total. The van der Waals surface area contributed by atoms with Gasteiger partial charge < -0.3 is 14.8 Å². The Morgan fingerprint density at radius 2 is 1.64 bits per heavy atom. The number of carbonyl (C=O) groups is 1. The van der Waals surface area contributed by atoms with Gasteiger partial charge in [-0.1, -0.05) is 18.7 Å². The number of hydrogen-bond acceptors (Lipinski definition) is 3. The van der Waals surface area contributed by atoms with E-state index in [0.717, 1.165) is 22.6 Å². The number of ether oxygens (including phenoxy) is 2. The van der Waals surface area contributed by atoms with Crippen molar-refractivity contribution >= 4 is 5.91 Å². The second-order valence-corrected chi connectivity index (χ2v) is 6.26. The highest BCUT2D eigenvalue weighted by Gasteiger charge is 2.06. The lowest BCUT2D eigenvalue weighted by Crippen LogP contribution is -2.22. The summed E-state index contributed by atoms with van der Waals surface area (Å²) in [5, 5.41) is 2.91. The summed E-state index contributed by atoms with van der Waals surface area (Å²) in [6.07, 6.45) is 0.146. The Morgan fingerprint density at radius 3 is 2.20 bits per heavy atom. The van der Waals surface area contributed by atoms with Crippen molar-refractivity contribution in [3.05, 3.63) is 71.8 Å². The number of benzene rings is 2. The highest BCUT2D eigenvalue weighted by molar-refractivity contribution is 5.94. The monoisotopic (exact) mass is 339 g/mol. The molecule has 0 aromatic heterocycles. The second kappa shape index (κ2) is 8.92. The van der Waals surface area contributed by atoms with E-state index in [2.05, 4.69) is 11.9 Å². The van der Waals surface area contributed by atoms with Crippen LogP contribution < -0.4 is 14.8 Å². The fraction of sp³-hybridized carbons (Fsp3) is 0.286. The van der Waals surface area contributed by atoms with Crippen molar-refractivity contribution in [1.82, 2.24) is 5.32 Å². The van der Waals surface area contributed by atoms with Crippen LogP contribution in [0.15, 0.2) is 60.7 Å². The molecule has 132 valence electrons. The first-order valence-corrected chi connectivity index (χ1v) is 8.35. The molecule has 25 heavy (non-hydrogen) atoms. The molecule has 4 heteroatoms. The highest BCUT2D eigenvalue weighted by Crippen LogP contribution is 2.15. The molecule has 0 aliphatic rings. The number of nitrogens with one attached hydrogen (secondary N) is 1. The zero-order chi connectivity index (χ0) is 18.2. The molecule has 0 spiro atoms. The zero-order valence-electron chi connectivity index (χ0n) is 15.0. The quantitative estimate of drug-likeness (QED) is 0.727. The minimum absolute atomic E-state index is 0.117. The van der Waals surface area contributed by atoms with Crippen LogP contribution in [0.5, 0.6) is 11.5 Å². The van der Waals surface area contributed by atoms with Crippen molar-refractivity contribution in [1.29, 1.82) is 0 Å². The number of amides is 1. The van der Waals surface area contributed by atoms with Crippen LogP contribution in [0.4, 0.5) is 0 Å². The molecule has 0 saturated heterocycles. The van der Waals surface area contributed by atoms with Crippen molar-refractivity contribution < 1.29 is 14.3 Å². The van der Waals surface area contributed by atoms with Crippen LogP contribution in [0, 0.1) is 0 Å². The molecule has 0 aliphatic heterocycles. The lowest BCUT2D eigenvalue weighted by Gasteiger charge is -2.11. The van der Waals surface area contributed by atoms with E-state index < -0.39 is 0 Å². The van der Waals surface area contributed by atoms with Gasteiger partial charge in [0.2, 0.25) is 0 Å². The molecule has 2 aromatic rings. The molecule has 0 radical (unpaired) electrons. The SMILES string of the molecule is C=C(C)COc1ccc(C(=O)NCc2ccc(OC(C)C)cc2)cc1. The summed E-state index contributed by atoms with van der Waals surface area (Å²) in [7, 11) is 0. The van der Waals surface area contributed by atoms with Crippen LogP contribution in [0.25, 0.3) is 0 Å². The van der Waals surface area contributed by atoms with E-state index in [1.165, 1.54) is 0 Å². The Bertz CT molecular complexity index is 703. The molecule has 0 fully saturated rings. The van der Waals surface area contributed by atoms with E-state index in [9.17, 15) is 4.79 Å². The Balaban J connectivity index is 1.86. The molecule has 0 unspecified atom stereocenters. The Labute approximate surface area is 149 Å². The molecule has 2 rings (SSSR count). The molecule has 2 aromatic carbocycles. The van der Waals surface area contributed by atoms with Gasteiger partial charge in [-0.25, -0.2) is 0 Å². The maximum atomic E-state index is 12.2. The topological polar surface area (TPSA) is 47.6 Å². The van der Waals surface area contributed by atoms with Crippen LogP contribution >= 0.6 is 0 Å². The molecule has 0 saturated carbocycles. The van der Waals surface area contributed by atoms with Gasteiger partial charge in [0.1, 0.15) is 18.1 Å². The smallest absolute Gasteiger partial charge is 0.251 e. The van der Waals surface area contributed by atoms with E-state index >= 15 is 0 Å². The molecule has 0 heterocycles. The first kappa shape index (κ1) is 18.6. The predicted octanol–water partition coefficient (Wildman–Crippen LogP) is 4.36. The lowest BCUT2D eigenvalue weighted by molar-refractivity contribution is 0.0951. The first-order chi connectivity index (χ1) is 11.9. The zero-order valence-corrected chi connectivity index (χ0v) is 15.0. The second-order valence-electron chi connectivity index (χ2n) is 6.26. The van der Waals surface area contributed by atoms with Gasteiger partial charge in [-0.05, 0) is 68.3 Å². The average Bonchev–Trinajstić information content (AvgIpc) is 2.59. The van der Waals surface area contributed by atoms with Gasteiger partial charge in [-0.3, -0.25) is 4.79 Å². The summed E-state index contributed by atoms with van der Waals surface area (Å²) in [4.78, 5) is 12.2. The van der Waals surface area contributed by atoms with Crippen LogP contribution in [0.1, 0.15) is 36.7 Å². The summed E-state index contributed by atoms with van der Waals surface area (Å²) < 4.78 is 11.1. The number of carbonyl (C=O) groups excluding carboxylic acids is 1. The molecular formula is C21H25NO3. The van der Waals surface area contributed by atoms with Gasteiger partial charge in [-0.15, -0.1) is 0 Å². The van der Waals surface area contributed by atoms with Crippen LogP contribution in [0.3, 0.4) is 0 Å². The van der Waals surface area contributed by atoms with E-state index in [4.69, 9.17) is 9.47 Å². The van der Waals surface area contributed by atoms with Crippen molar-refractivity contribution in [3.8, 4) is 11.5 Å². The predicted molar refractivity (Wildman–Crippen MR) is 100 cm³/mol. The third kappa shape index (κ3) is 6.34. The fourth-order valence-corrected chi connectivity index (χ4v) is 2.15. The van der Waals surface area contributed by atoms with Crippen LogP contribution in [-0.2, 0) is 6.54 Å². The van der Waals surface area contributed by atoms with Gasteiger partial charge in [0.05, 0.1) is 6.10 Å². The number of rotatable bonds is 8. The van der Waals surface area contributed by atoms with E-state index in [0.29, 0.717) is 18.7 Å². The van der Waals surface area contributed by atoms with Crippen LogP contribution in [-0.4, -0.2) is 18.6 Å². The van der Waals surface area contributed by atoms with Gasteiger partial charge in [0, 0.05) is 12.1 Å². The maximum absolute atomic E-state index is 12.2. The Kier molecular flexibility index (Phi) is 6.63.